The Kier molecular flexibility index (Phi) is 5.35. The van der Waals surface area contributed by atoms with Crippen LogP contribution in [0.5, 0.6) is 5.75 Å². The molecule has 0 amide bonds. The van der Waals surface area contributed by atoms with Crippen molar-refractivity contribution in [2.45, 2.75) is 33.6 Å². The molecule has 1 aliphatic carbocycles. The number of ketones is 1. The number of ether oxygens (including phenoxy) is 1. The molecule has 0 saturated carbocycles. The summed E-state index contributed by atoms with van der Waals surface area (Å²) in [6.07, 6.45) is 1.83. The van der Waals surface area contributed by atoms with E-state index in [1.807, 2.05) is 31.2 Å². The molecule has 0 N–H and O–H groups in total. The van der Waals surface area contributed by atoms with Crippen molar-refractivity contribution >= 4 is 16.9 Å². The Bertz CT molecular complexity index is 1070. The predicted octanol–water partition coefficient (Wildman–Crippen LogP) is 6.44. The first-order valence-electron chi connectivity index (χ1n) is 10.2. The molecule has 1 aliphatic rings. The topological polar surface area (TPSA) is 26.3 Å². The molecule has 0 aliphatic heterocycles. The van der Waals surface area contributed by atoms with Crippen molar-refractivity contribution in [1.29, 1.82) is 0 Å². The van der Waals surface area contributed by atoms with Crippen LogP contribution in [0, 0.1) is 13.8 Å². The van der Waals surface area contributed by atoms with Crippen molar-refractivity contribution in [3.8, 4) is 5.75 Å². The molecule has 2 nitrogen and oxygen atoms in total. The zero-order valence-electron chi connectivity index (χ0n) is 17.3. The van der Waals surface area contributed by atoms with E-state index in [1.54, 1.807) is 0 Å². The lowest BCUT2D eigenvalue weighted by atomic mass is 9.79. The molecule has 0 aromatic heterocycles. The fourth-order valence-electron chi connectivity index (χ4n) is 4.04. The summed E-state index contributed by atoms with van der Waals surface area (Å²) in [7, 11) is 0. The van der Waals surface area contributed by atoms with E-state index in [1.165, 1.54) is 16.7 Å². The van der Waals surface area contributed by atoms with Crippen molar-refractivity contribution in [1.82, 2.24) is 0 Å². The Morgan fingerprint density at radius 2 is 1.55 bits per heavy atom. The third-order valence-electron chi connectivity index (χ3n) is 5.53. The summed E-state index contributed by atoms with van der Waals surface area (Å²) in [6, 6.07) is 22.4. The molecule has 2 heteroatoms. The van der Waals surface area contributed by atoms with Gasteiger partial charge in [-0.1, -0.05) is 53.6 Å². The second-order valence-electron chi connectivity index (χ2n) is 7.67. The summed E-state index contributed by atoms with van der Waals surface area (Å²) in [5, 5.41) is 0. The molecule has 3 aromatic carbocycles. The van der Waals surface area contributed by atoms with E-state index in [2.05, 4.69) is 56.3 Å². The number of Topliss-reactive ketones (excluding diaryl/α,β-unsaturated/α-hetero) is 1. The van der Waals surface area contributed by atoms with Gasteiger partial charge in [-0.25, -0.2) is 0 Å². The van der Waals surface area contributed by atoms with Gasteiger partial charge in [0.05, 0.1) is 6.61 Å². The smallest absolute Gasteiger partial charge is 0.193 e. The zero-order valence-corrected chi connectivity index (χ0v) is 17.3. The normalized spacial score (nSPS) is 13.2. The van der Waals surface area contributed by atoms with Gasteiger partial charge >= 0.3 is 0 Å². The average Bonchev–Trinajstić information content (AvgIpc) is 2.74. The number of hydrogen-bond acceptors (Lipinski definition) is 2. The molecule has 4 rings (SSSR count). The second kappa shape index (κ2) is 8.08. The molecular weight excluding hydrogens is 356 g/mol. The van der Waals surface area contributed by atoms with Crippen molar-refractivity contribution in [2.24, 2.45) is 0 Å². The fraction of sp³-hybridized carbons (Fsp3) is 0.222. The van der Waals surface area contributed by atoms with Crippen LogP contribution in [-0.4, -0.2) is 12.4 Å². The number of aryl methyl sites for hydroxylation is 3. The minimum atomic E-state index is 0.0772. The Balaban J connectivity index is 1.85. The van der Waals surface area contributed by atoms with E-state index < -0.39 is 0 Å². The first kappa shape index (κ1) is 19.2. The molecule has 0 fully saturated rings. The van der Waals surface area contributed by atoms with Crippen LogP contribution in [0.15, 0.2) is 66.7 Å². The summed E-state index contributed by atoms with van der Waals surface area (Å²) >= 11 is 0. The molecule has 29 heavy (non-hydrogen) atoms. The first-order valence-corrected chi connectivity index (χ1v) is 10.2. The Hall–Kier alpha value is -3.13. The van der Waals surface area contributed by atoms with Crippen LogP contribution in [0.3, 0.4) is 0 Å². The summed E-state index contributed by atoms with van der Waals surface area (Å²) in [4.78, 5) is 13.7. The van der Waals surface area contributed by atoms with Gasteiger partial charge in [0, 0.05) is 11.1 Å². The maximum atomic E-state index is 13.7. The number of carbonyl (C=O) groups is 1. The van der Waals surface area contributed by atoms with Crippen LogP contribution < -0.4 is 4.74 Å². The molecule has 0 heterocycles. The standard InChI is InChI=1S/C27H26O2/c1-4-29-23-13-10-21(11-14-23)27(28)26-24(20-8-5-18(2)6-9-20)16-12-22-17-19(3)7-15-25(22)26/h5-11,13-15,17H,4,12,16H2,1-3H3. The summed E-state index contributed by atoms with van der Waals surface area (Å²) in [6.45, 7) is 6.76. The van der Waals surface area contributed by atoms with E-state index >= 15 is 0 Å². The monoisotopic (exact) mass is 382 g/mol. The summed E-state index contributed by atoms with van der Waals surface area (Å²) in [5.41, 5.74) is 8.58. The molecule has 0 radical (unpaired) electrons. The van der Waals surface area contributed by atoms with Crippen molar-refractivity contribution in [3.05, 3.63) is 100 Å². The molecular formula is C27H26O2. The third kappa shape index (κ3) is 3.88. The number of hydrogen-bond donors (Lipinski definition) is 0. The predicted molar refractivity (Wildman–Crippen MR) is 119 cm³/mol. The minimum absolute atomic E-state index is 0.0772. The fourth-order valence-corrected chi connectivity index (χ4v) is 4.04. The average molecular weight is 383 g/mol. The Labute approximate surface area is 172 Å². The second-order valence-corrected chi connectivity index (χ2v) is 7.67. The van der Waals surface area contributed by atoms with Crippen LogP contribution in [0.25, 0.3) is 11.1 Å². The highest BCUT2D eigenvalue weighted by Crippen LogP contribution is 2.39. The SMILES string of the molecule is CCOc1ccc(C(=O)C2=C(c3ccc(C)cc3)CCc3cc(C)ccc32)cc1. The Morgan fingerprint density at radius 1 is 0.862 bits per heavy atom. The van der Waals surface area contributed by atoms with Crippen molar-refractivity contribution in [2.75, 3.05) is 6.61 Å². The van der Waals surface area contributed by atoms with E-state index in [4.69, 9.17) is 4.74 Å². The van der Waals surface area contributed by atoms with E-state index in [9.17, 15) is 4.79 Å². The lowest BCUT2D eigenvalue weighted by Crippen LogP contribution is -2.13. The number of benzene rings is 3. The van der Waals surface area contributed by atoms with Gasteiger partial charge in [0.2, 0.25) is 0 Å². The quantitative estimate of drug-likeness (QED) is 0.475. The number of allylic oxidation sites excluding steroid dienone is 2. The van der Waals surface area contributed by atoms with Gasteiger partial charge in [-0.15, -0.1) is 0 Å². The van der Waals surface area contributed by atoms with Gasteiger partial charge in [-0.05, 0) is 80.1 Å². The lowest BCUT2D eigenvalue weighted by molar-refractivity contribution is 0.105. The van der Waals surface area contributed by atoms with E-state index in [0.717, 1.165) is 40.9 Å². The van der Waals surface area contributed by atoms with Crippen LogP contribution in [0.1, 0.15) is 51.5 Å². The molecule has 0 bridgehead atoms. The number of carbonyl (C=O) groups excluding carboxylic acids is 1. The highest BCUT2D eigenvalue weighted by Gasteiger charge is 2.26. The maximum Gasteiger partial charge on any atom is 0.193 e. The van der Waals surface area contributed by atoms with Crippen molar-refractivity contribution < 1.29 is 9.53 Å². The van der Waals surface area contributed by atoms with Crippen LogP contribution in [0.2, 0.25) is 0 Å². The maximum absolute atomic E-state index is 13.7. The third-order valence-corrected chi connectivity index (χ3v) is 5.53. The van der Waals surface area contributed by atoms with E-state index in [-0.39, 0.29) is 5.78 Å². The highest BCUT2D eigenvalue weighted by molar-refractivity contribution is 6.35. The summed E-state index contributed by atoms with van der Waals surface area (Å²) in [5.74, 6) is 0.866. The van der Waals surface area contributed by atoms with Crippen LogP contribution in [-0.2, 0) is 6.42 Å². The first-order chi connectivity index (χ1) is 14.1. The molecule has 0 spiro atoms. The van der Waals surface area contributed by atoms with Gasteiger partial charge < -0.3 is 4.74 Å². The van der Waals surface area contributed by atoms with Gasteiger partial charge in [-0.3, -0.25) is 4.79 Å². The lowest BCUT2D eigenvalue weighted by Gasteiger charge is -2.24. The van der Waals surface area contributed by atoms with Gasteiger partial charge in [0.25, 0.3) is 0 Å². The molecule has 146 valence electrons. The van der Waals surface area contributed by atoms with Gasteiger partial charge in [0.15, 0.2) is 5.78 Å². The molecule has 0 unspecified atom stereocenters. The van der Waals surface area contributed by atoms with Gasteiger partial charge in [0.1, 0.15) is 5.75 Å². The van der Waals surface area contributed by atoms with E-state index in [0.29, 0.717) is 12.2 Å². The Morgan fingerprint density at radius 3 is 2.24 bits per heavy atom. The van der Waals surface area contributed by atoms with Crippen LogP contribution >= 0.6 is 0 Å². The van der Waals surface area contributed by atoms with Crippen molar-refractivity contribution in [3.63, 3.8) is 0 Å². The largest absolute Gasteiger partial charge is 0.494 e. The molecule has 0 saturated heterocycles. The van der Waals surface area contributed by atoms with Crippen LogP contribution in [0.4, 0.5) is 0 Å². The van der Waals surface area contributed by atoms with Gasteiger partial charge in [-0.2, -0.15) is 0 Å². The summed E-state index contributed by atoms with van der Waals surface area (Å²) < 4.78 is 5.53. The molecule has 0 atom stereocenters. The number of fused-ring (bicyclic) bond motifs is 1. The minimum Gasteiger partial charge on any atom is -0.494 e. The number of rotatable bonds is 5. The highest BCUT2D eigenvalue weighted by atomic mass is 16.5. The zero-order chi connectivity index (χ0) is 20.4. The molecule has 3 aromatic rings.